The number of hydrogen-bond donors (Lipinski definition) is 0. The lowest BCUT2D eigenvalue weighted by atomic mass is 9.70. The van der Waals surface area contributed by atoms with Crippen molar-refractivity contribution in [1.29, 1.82) is 0 Å². The Labute approximate surface area is 374 Å². The predicted molar refractivity (Wildman–Crippen MR) is 263 cm³/mol. The van der Waals surface area contributed by atoms with Gasteiger partial charge in [-0.2, -0.15) is 10.2 Å². The van der Waals surface area contributed by atoms with Crippen LogP contribution in [0.4, 0.5) is 0 Å². The summed E-state index contributed by atoms with van der Waals surface area (Å²) in [5.41, 5.74) is 21.2. The third-order valence-electron chi connectivity index (χ3n) is 14.0. The molecule has 0 amide bonds. The van der Waals surface area contributed by atoms with Crippen molar-refractivity contribution in [3.63, 3.8) is 0 Å². The van der Waals surface area contributed by atoms with Crippen LogP contribution in [0.2, 0.25) is 0 Å². The number of nitrogens with zero attached hydrogens (tertiary/aromatic N) is 6. The van der Waals surface area contributed by atoms with Crippen LogP contribution in [0.15, 0.2) is 194 Å². The molecule has 304 valence electrons. The lowest BCUT2D eigenvalue weighted by Crippen LogP contribution is -2.26. The summed E-state index contributed by atoms with van der Waals surface area (Å²) in [5, 5.41) is 14.7. The molecular formula is C59H38N6. The van der Waals surface area contributed by atoms with Crippen LogP contribution in [0.3, 0.4) is 0 Å². The molecule has 0 aliphatic heterocycles. The monoisotopic (exact) mass is 830 g/mol. The van der Waals surface area contributed by atoms with Crippen LogP contribution in [0, 0.1) is 13.8 Å². The second kappa shape index (κ2) is 13.3. The van der Waals surface area contributed by atoms with Gasteiger partial charge < -0.3 is 0 Å². The molecule has 0 fully saturated rings. The molecule has 12 aromatic rings. The molecule has 0 saturated carbocycles. The van der Waals surface area contributed by atoms with Crippen molar-refractivity contribution in [3.05, 3.63) is 228 Å². The molecule has 0 atom stereocenters. The van der Waals surface area contributed by atoms with Gasteiger partial charge in [0.25, 0.3) is 0 Å². The lowest BCUT2D eigenvalue weighted by molar-refractivity contribution is 0.795. The first-order valence-electron chi connectivity index (χ1n) is 22.2. The van der Waals surface area contributed by atoms with Crippen molar-refractivity contribution in [2.45, 2.75) is 19.3 Å². The molecule has 14 rings (SSSR count). The summed E-state index contributed by atoms with van der Waals surface area (Å²) in [4.78, 5) is 11.2. The Kier molecular flexibility index (Phi) is 7.36. The summed E-state index contributed by atoms with van der Waals surface area (Å²) in [5.74, 6) is 0. The van der Waals surface area contributed by atoms with E-state index < -0.39 is 5.41 Å². The zero-order valence-corrected chi connectivity index (χ0v) is 35.7. The van der Waals surface area contributed by atoms with E-state index in [0.29, 0.717) is 0 Å². The highest BCUT2D eigenvalue weighted by Gasteiger charge is 2.52. The highest BCUT2D eigenvalue weighted by molar-refractivity contribution is 6.15. The SMILES string of the molecule is Cc1nn(-c2ccccc2)c2nc3cc4c(cc3c(-c3ccccc3)c12)-c1ccccc1C41c2ccccc2-c2cc3c(-c4ccccc4)c4c(C)nn(-c5ccccc5)c4nc3cc21. The summed E-state index contributed by atoms with van der Waals surface area (Å²) in [7, 11) is 0. The second-order valence-corrected chi connectivity index (χ2v) is 17.4. The van der Waals surface area contributed by atoms with E-state index >= 15 is 0 Å². The number of para-hydroxylation sites is 2. The molecule has 0 N–H and O–H groups in total. The first-order chi connectivity index (χ1) is 32.1. The molecule has 4 heterocycles. The third-order valence-corrected chi connectivity index (χ3v) is 14.0. The Morgan fingerprint density at radius 1 is 0.369 bits per heavy atom. The van der Waals surface area contributed by atoms with Gasteiger partial charge in [-0.25, -0.2) is 19.3 Å². The van der Waals surface area contributed by atoms with Crippen LogP contribution >= 0.6 is 0 Å². The number of aromatic nitrogens is 6. The fraction of sp³-hybridized carbons (Fsp3) is 0.0508. The zero-order chi connectivity index (χ0) is 43.0. The first kappa shape index (κ1) is 36.0. The number of rotatable bonds is 4. The van der Waals surface area contributed by atoms with Crippen LogP contribution in [0.1, 0.15) is 33.6 Å². The molecule has 1 spiro atoms. The number of benzene rings is 8. The van der Waals surface area contributed by atoms with E-state index in [2.05, 4.69) is 196 Å². The number of fused-ring (bicyclic) bond motifs is 14. The van der Waals surface area contributed by atoms with Crippen molar-refractivity contribution in [2.75, 3.05) is 0 Å². The molecular weight excluding hydrogens is 793 g/mol. The molecule has 4 aromatic heterocycles. The topological polar surface area (TPSA) is 61.4 Å². The van der Waals surface area contributed by atoms with Gasteiger partial charge in [-0.1, -0.05) is 146 Å². The highest BCUT2D eigenvalue weighted by atomic mass is 15.3. The van der Waals surface area contributed by atoms with Gasteiger partial charge in [0.1, 0.15) is 0 Å². The molecule has 0 unspecified atom stereocenters. The number of pyridine rings is 2. The molecule has 8 aromatic carbocycles. The van der Waals surface area contributed by atoms with Crippen LogP contribution in [0.25, 0.3) is 99.8 Å². The largest absolute Gasteiger partial charge is 0.228 e. The maximum absolute atomic E-state index is 5.62. The molecule has 2 aliphatic carbocycles. The average molecular weight is 831 g/mol. The van der Waals surface area contributed by atoms with Crippen LogP contribution < -0.4 is 0 Å². The minimum Gasteiger partial charge on any atom is -0.228 e. The predicted octanol–water partition coefficient (Wildman–Crippen LogP) is 13.8. The highest BCUT2D eigenvalue weighted by Crippen LogP contribution is 2.64. The van der Waals surface area contributed by atoms with Gasteiger partial charge in [-0.3, -0.25) is 0 Å². The van der Waals surface area contributed by atoms with E-state index in [0.717, 1.165) is 88.9 Å². The van der Waals surface area contributed by atoms with Gasteiger partial charge in [0.2, 0.25) is 0 Å². The van der Waals surface area contributed by atoms with Crippen molar-refractivity contribution >= 4 is 43.9 Å². The summed E-state index contributed by atoms with van der Waals surface area (Å²) < 4.78 is 4.03. The second-order valence-electron chi connectivity index (χ2n) is 17.4. The number of aryl methyl sites for hydroxylation is 2. The summed E-state index contributed by atoms with van der Waals surface area (Å²) >= 11 is 0. The molecule has 6 nitrogen and oxygen atoms in total. The van der Waals surface area contributed by atoms with E-state index in [9.17, 15) is 0 Å². The van der Waals surface area contributed by atoms with Crippen molar-refractivity contribution in [2.24, 2.45) is 0 Å². The Morgan fingerprint density at radius 3 is 1.15 bits per heavy atom. The Balaban J connectivity index is 1.12. The summed E-state index contributed by atoms with van der Waals surface area (Å²) in [6.45, 7) is 4.21. The maximum atomic E-state index is 5.62. The van der Waals surface area contributed by atoms with Gasteiger partial charge in [0, 0.05) is 21.9 Å². The Morgan fingerprint density at radius 2 is 0.738 bits per heavy atom. The van der Waals surface area contributed by atoms with Crippen molar-refractivity contribution in [3.8, 4) is 55.9 Å². The van der Waals surface area contributed by atoms with Gasteiger partial charge in [0.05, 0.1) is 50.0 Å². The molecule has 0 radical (unpaired) electrons. The molecule has 65 heavy (non-hydrogen) atoms. The molecule has 6 heteroatoms. The van der Waals surface area contributed by atoms with E-state index in [1.807, 2.05) is 21.5 Å². The Bertz CT molecular complexity index is 3680. The van der Waals surface area contributed by atoms with Gasteiger partial charge in [-0.15, -0.1) is 0 Å². The fourth-order valence-corrected chi connectivity index (χ4v) is 11.4. The van der Waals surface area contributed by atoms with E-state index in [1.54, 1.807) is 0 Å². The summed E-state index contributed by atoms with van der Waals surface area (Å²) in [6.07, 6.45) is 0. The van der Waals surface area contributed by atoms with Gasteiger partial charge >= 0.3 is 0 Å². The van der Waals surface area contributed by atoms with Crippen molar-refractivity contribution in [1.82, 2.24) is 29.5 Å². The van der Waals surface area contributed by atoms with Crippen LogP contribution in [0.5, 0.6) is 0 Å². The van der Waals surface area contributed by atoms with E-state index in [-0.39, 0.29) is 0 Å². The maximum Gasteiger partial charge on any atom is 0.164 e. The number of hydrogen-bond acceptors (Lipinski definition) is 4. The minimum absolute atomic E-state index is 0.640. The normalized spacial score (nSPS) is 13.2. The van der Waals surface area contributed by atoms with Crippen LogP contribution in [-0.4, -0.2) is 29.5 Å². The average Bonchev–Trinajstić information content (AvgIpc) is 4.06. The van der Waals surface area contributed by atoms with E-state index in [4.69, 9.17) is 20.2 Å². The van der Waals surface area contributed by atoms with E-state index in [1.165, 1.54) is 44.5 Å². The van der Waals surface area contributed by atoms with Crippen LogP contribution in [-0.2, 0) is 5.41 Å². The smallest absolute Gasteiger partial charge is 0.164 e. The quantitative estimate of drug-likeness (QED) is 0.177. The standard InChI is InChI=1S/C59H38N6/c1-35-53-55(37-19-7-3-8-20-37)45-31-43-41-27-15-17-29-47(41)59(49(43)33-51(45)60-57(53)64(62-35)39-23-11-5-12-24-39)48-30-18-16-28-42(48)44-32-46-52(34-50(44)59)61-58-54(56(46)38-21-9-4-10-22-38)36(2)63-65(58)40-25-13-6-14-26-40/h3-34H,1-2H3. The van der Waals surface area contributed by atoms with Gasteiger partial charge in [0.15, 0.2) is 11.3 Å². The van der Waals surface area contributed by atoms with Crippen molar-refractivity contribution < 1.29 is 0 Å². The lowest BCUT2D eigenvalue weighted by Gasteiger charge is -2.30. The molecule has 2 aliphatic rings. The fourth-order valence-electron chi connectivity index (χ4n) is 11.4. The summed E-state index contributed by atoms with van der Waals surface area (Å²) in [6, 6.07) is 69.9. The minimum atomic E-state index is -0.640. The first-order valence-corrected chi connectivity index (χ1v) is 22.2. The Hall–Kier alpha value is -8.48. The van der Waals surface area contributed by atoms with Gasteiger partial charge in [-0.05, 0) is 118 Å². The third kappa shape index (κ3) is 4.83. The molecule has 0 bridgehead atoms. The zero-order valence-electron chi connectivity index (χ0n) is 35.7. The molecule has 0 saturated heterocycles.